The van der Waals surface area contributed by atoms with Crippen molar-refractivity contribution in [3.8, 4) is 11.5 Å². The summed E-state index contributed by atoms with van der Waals surface area (Å²) in [5.74, 6) is 2.89. The van der Waals surface area contributed by atoms with E-state index in [0.29, 0.717) is 76.3 Å². The van der Waals surface area contributed by atoms with Crippen LogP contribution in [0.4, 0.5) is 23.5 Å². The van der Waals surface area contributed by atoms with Gasteiger partial charge in [-0.2, -0.15) is 15.0 Å². The monoisotopic (exact) mass is 447 g/mol. The average molecular weight is 447 g/mol. The second-order valence-electron chi connectivity index (χ2n) is 7.02. The highest BCUT2D eigenvalue weighted by Crippen LogP contribution is 2.34. The Kier molecular flexibility index (Phi) is 8.09. The molecule has 0 aliphatic carbocycles. The topological polar surface area (TPSA) is 138 Å². The Morgan fingerprint density at radius 2 is 1.72 bits per heavy atom. The van der Waals surface area contributed by atoms with Crippen molar-refractivity contribution in [2.45, 2.75) is 0 Å². The van der Waals surface area contributed by atoms with E-state index in [1.54, 1.807) is 0 Å². The van der Waals surface area contributed by atoms with Gasteiger partial charge in [0.2, 0.25) is 24.6 Å². The molecule has 1 fully saturated rings. The molecule has 0 amide bonds. The zero-order valence-electron chi connectivity index (χ0n) is 17.9. The molecule has 12 heteroatoms. The van der Waals surface area contributed by atoms with Crippen LogP contribution < -0.4 is 30.7 Å². The summed E-state index contributed by atoms with van der Waals surface area (Å²) in [5.41, 5.74) is 6.18. The Hall–Kier alpha value is -2.93. The number of hydrogen-bond donors (Lipinski definition) is 3. The van der Waals surface area contributed by atoms with E-state index < -0.39 is 0 Å². The lowest BCUT2D eigenvalue weighted by Gasteiger charge is -2.27. The summed E-state index contributed by atoms with van der Waals surface area (Å²) in [7, 11) is 0. The first kappa shape index (κ1) is 22.3. The van der Waals surface area contributed by atoms with E-state index in [0.717, 1.165) is 24.5 Å². The summed E-state index contributed by atoms with van der Waals surface area (Å²) < 4.78 is 27.1. The van der Waals surface area contributed by atoms with Crippen molar-refractivity contribution in [1.82, 2.24) is 15.0 Å². The molecule has 0 spiro atoms. The zero-order valence-corrected chi connectivity index (χ0v) is 17.9. The van der Waals surface area contributed by atoms with Gasteiger partial charge in [0.25, 0.3) is 0 Å². The predicted molar refractivity (Wildman–Crippen MR) is 118 cm³/mol. The van der Waals surface area contributed by atoms with Crippen LogP contribution in [0.3, 0.4) is 0 Å². The fourth-order valence-corrected chi connectivity index (χ4v) is 3.15. The quantitative estimate of drug-likeness (QED) is 0.392. The van der Waals surface area contributed by atoms with Gasteiger partial charge in [-0.15, -0.1) is 0 Å². The summed E-state index contributed by atoms with van der Waals surface area (Å²) in [6, 6.07) is 5.59. The number of hydrogen-bond acceptors (Lipinski definition) is 12. The fraction of sp³-hybridized carbons (Fsp3) is 0.550. The van der Waals surface area contributed by atoms with E-state index in [9.17, 15) is 0 Å². The third-order valence-electron chi connectivity index (χ3n) is 4.71. The molecule has 12 nitrogen and oxygen atoms in total. The van der Waals surface area contributed by atoms with Crippen LogP contribution >= 0.6 is 0 Å². The highest BCUT2D eigenvalue weighted by atomic mass is 16.7. The molecule has 0 atom stereocenters. The molecule has 0 radical (unpaired) electrons. The Morgan fingerprint density at radius 1 is 0.938 bits per heavy atom. The van der Waals surface area contributed by atoms with Crippen LogP contribution in [-0.4, -0.2) is 87.6 Å². The molecule has 2 aromatic rings. The van der Waals surface area contributed by atoms with Crippen LogP contribution in [-0.2, 0) is 14.2 Å². The standard InChI is InChI=1S/C20H29N7O5/c21-3-7-28-11-12-29-8-4-22-18-24-19(26-20(25-18)27-5-9-30-10-6-27)23-15-1-2-16-17(13-15)32-14-31-16/h1-2,13H,3-12,14,21H2,(H2,22,23,24,25,26). The maximum absolute atomic E-state index is 5.55. The molecule has 0 bridgehead atoms. The van der Waals surface area contributed by atoms with Crippen LogP contribution in [0.2, 0.25) is 0 Å². The lowest BCUT2D eigenvalue weighted by atomic mass is 10.3. The van der Waals surface area contributed by atoms with Gasteiger partial charge in [-0.05, 0) is 12.1 Å². The molecular weight excluding hydrogens is 418 g/mol. The Bertz CT molecular complexity index is 866. The molecule has 1 saturated heterocycles. The number of aromatic nitrogens is 3. The van der Waals surface area contributed by atoms with Crippen molar-refractivity contribution in [1.29, 1.82) is 0 Å². The van der Waals surface area contributed by atoms with E-state index in [1.807, 2.05) is 18.2 Å². The second-order valence-corrected chi connectivity index (χ2v) is 7.02. The normalized spacial score (nSPS) is 15.1. The van der Waals surface area contributed by atoms with Gasteiger partial charge in [0.1, 0.15) is 0 Å². The van der Waals surface area contributed by atoms with Crippen molar-refractivity contribution in [2.75, 3.05) is 88.1 Å². The number of nitrogens with zero attached hydrogens (tertiary/aromatic N) is 4. The molecule has 2 aliphatic rings. The minimum absolute atomic E-state index is 0.223. The maximum Gasteiger partial charge on any atom is 0.233 e. The number of rotatable bonds is 12. The van der Waals surface area contributed by atoms with Crippen LogP contribution in [0.5, 0.6) is 11.5 Å². The van der Waals surface area contributed by atoms with Gasteiger partial charge >= 0.3 is 0 Å². The largest absolute Gasteiger partial charge is 0.454 e. The van der Waals surface area contributed by atoms with Gasteiger partial charge in [-0.3, -0.25) is 0 Å². The van der Waals surface area contributed by atoms with Crippen LogP contribution in [0.15, 0.2) is 18.2 Å². The number of benzene rings is 1. The van der Waals surface area contributed by atoms with Crippen molar-refractivity contribution in [3.63, 3.8) is 0 Å². The molecule has 0 unspecified atom stereocenters. The predicted octanol–water partition coefficient (Wildman–Crippen LogP) is 0.584. The van der Waals surface area contributed by atoms with Gasteiger partial charge in [-0.1, -0.05) is 0 Å². The number of fused-ring (bicyclic) bond motifs is 1. The Balaban J connectivity index is 1.39. The fourth-order valence-electron chi connectivity index (χ4n) is 3.15. The summed E-state index contributed by atoms with van der Waals surface area (Å²) in [5, 5.41) is 6.43. The minimum atomic E-state index is 0.223. The average Bonchev–Trinajstić information content (AvgIpc) is 3.29. The van der Waals surface area contributed by atoms with Crippen molar-refractivity contribution < 1.29 is 23.7 Å². The maximum atomic E-state index is 5.55. The number of ether oxygens (including phenoxy) is 5. The van der Waals surface area contributed by atoms with Crippen molar-refractivity contribution in [3.05, 3.63) is 18.2 Å². The van der Waals surface area contributed by atoms with Crippen LogP contribution in [0, 0.1) is 0 Å². The number of morpholine rings is 1. The molecular formula is C20H29N7O5. The van der Waals surface area contributed by atoms with Gasteiger partial charge < -0.3 is 45.0 Å². The molecule has 32 heavy (non-hydrogen) atoms. The SMILES string of the molecule is NCCOCCOCCNc1nc(Nc2ccc3c(c2)OCO3)nc(N2CCOCC2)n1. The molecule has 0 saturated carbocycles. The highest BCUT2D eigenvalue weighted by molar-refractivity contribution is 5.61. The summed E-state index contributed by atoms with van der Waals surface area (Å²) in [6.07, 6.45) is 0. The van der Waals surface area contributed by atoms with E-state index in [1.165, 1.54) is 0 Å². The van der Waals surface area contributed by atoms with Crippen LogP contribution in [0.25, 0.3) is 0 Å². The first-order valence-corrected chi connectivity index (χ1v) is 10.7. The smallest absolute Gasteiger partial charge is 0.233 e. The Morgan fingerprint density at radius 3 is 2.56 bits per heavy atom. The third-order valence-corrected chi connectivity index (χ3v) is 4.71. The highest BCUT2D eigenvalue weighted by Gasteiger charge is 2.18. The summed E-state index contributed by atoms with van der Waals surface area (Å²) in [6.45, 7) is 6.06. The molecule has 4 rings (SSSR count). The van der Waals surface area contributed by atoms with Gasteiger partial charge in [0.15, 0.2) is 11.5 Å². The number of nitrogens with one attached hydrogen (secondary N) is 2. The third kappa shape index (κ3) is 6.29. The number of nitrogens with two attached hydrogens (primary N) is 1. The number of anilines is 4. The lowest BCUT2D eigenvalue weighted by molar-refractivity contribution is 0.0547. The molecule has 3 heterocycles. The molecule has 1 aromatic heterocycles. The van der Waals surface area contributed by atoms with Gasteiger partial charge in [-0.25, -0.2) is 0 Å². The van der Waals surface area contributed by atoms with E-state index in [2.05, 4.69) is 30.5 Å². The van der Waals surface area contributed by atoms with E-state index >= 15 is 0 Å². The first-order valence-electron chi connectivity index (χ1n) is 10.7. The Labute approximate surface area is 186 Å². The van der Waals surface area contributed by atoms with Crippen molar-refractivity contribution >= 4 is 23.5 Å². The molecule has 2 aliphatic heterocycles. The lowest BCUT2D eigenvalue weighted by Crippen LogP contribution is -2.37. The summed E-state index contributed by atoms with van der Waals surface area (Å²) >= 11 is 0. The van der Waals surface area contributed by atoms with Crippen molar-refractivity contribution in [2.24, 2.45) is 5.73 Å². The van der Waals surface area contributed by atoms with E-state index in [4.69, 9.17) is 29.4 Å². The van der Waals surface area contributed by atoms with E-state index in [-0.39, 0.29) is 6.79 Å². The molecule has 1 aromatic carbocycles. The molecule has 4 N–H and O–H groups in total. The molecule has 174 valence electrons. The summed E-state index contributed by atoms with van der Waals surface area (Å²) in [4.78, 5) is 15.8. The first-order chi connectivity index (χ1) is 15.8. The zero-order chi connectivity index (χ0) is 22.0. The minimum Gasteiger partial charge on any atom is -0.454 e. The van der Waals surface area contributed by atoms with Crippen LogP contribution in [0.1, 0.15) is 0 Å². The van der Waals surface area contributed by atoms with Gasteiger partial charge in [0.05, 0.1) is 39.6 Å². The van der Waals surface area contributed by atoms with Gasteiger partial charge in [0, 0.05) is 37.9 Å². The second kappa shape index (κ2) is 11.6.